The molecular formula is C13H12ClN3S. The van der Waals surface area contributed by atoms with Crippen molar-refractivity contribution in [2.75, 3.05) is 5.73 Å². The summed E-state index contributed by atoms with van der Waals surface area (Å²) in [5.74, 6) is 0.542. The monoisotopic (exact) mass is 277 g/mol. The van der Waals surface area contributed by atoms with Crippen molar-refractivity contribution in [3.05, 3.63) is 45.1 Å². The van der Waals surface area contributed by atoms with Crippen LogP contribution in [0.4, 0.5) is 5.95 Å². The Kier molecular flexibility index (Phi) is 2.76. The second-order valence-electron chi connectivity index (χ2n) is 4.25. The molecule has 5 heteroatoms. The summed E-state index contributed by atoms with van der Waals surface area (Å²) in [6.07, 6.45) is 0. The number of benzene rings is 1. The Morgan fingerprint density at radius 1 is 1.33 bits per heavy atom. The molecule has 0 aliphatic heterocycles. The van der Waals surface area contributed by atoms with Crippen molar-refractivity contribution in [3.8, 4) is 0 Å². The summed E-state index contributed by atoms with van der Waals surface area (Å²) in [5.41, 5.74) is 9.17. The van der Waals surface area contributed by atoms with Gasteiger partial charge in [-0.15, -0.1) is 11.3 Å². The lowest BCUT2D eigenvalue weighted by atomic mass is 10.2. The first-order valence-corrected chi connectivity index (χ1v) is 6.79. The molecule has 0 radical (unpaired) electrons. The number of fused-ring (bicyclic) bond motifs is 1. The zero-order chi connectivity index (χ0) is 12.7. The van der Waals surface area contributed by atoms with Gasteiger partial charge in [-0.3, -0.25) is 0 Å². The third kappa shape index (κ3) is 1.98. The second kappa shape index (κ2) is 4.30. The van der Waals surface area contributed by atoms with Crippen molar-refractivity contribution in [1.82, 2.24) is 9.55 Å². The molecule has 3 rings (SSSR count). The fourth-order valence-electron chi connectivity index (χ4n) is 2.02. The predicted molar refractivity (Wildman–Crippen MR) is 77.3 cm³/mol. The molecule has 1 aromatic carbocycles. The molecular weight excluding hydrogens is 266 g/mol. The maximum absolute atomic E-state index is 5.98. The van der Waals surface area contributed by atoms with Crippen LogP contribution in [0.25, 0.3) is 11.0 Å². The van der Waals surface area contributed by atoms with Crippen molar-refractivity contribution in [3.63, 3.8) is 0 Å². The van der Waals surface area contributed by atoms with Gasteiger partial charge in [0.15, 0.2) is 0 Å². The molecule has 0 aliphatic carbocycles. The van der Waals surface area contributed by atoms with Crippen LogP contribution in [0.2, 0.25) is 4.34 Å². The summed E-state index contributed by atoms with van der Waals surface area (Å²) in [6.45, 7) is 2.76. The maximum Gasteiger partial charge on any atom is 0.201 e. The Labute approximate surface area is 114 Å². The van der Waals surface area contributed by atoms with Gasteiger partial charge in [-0.1, -0.05) is 17.7 Å². The first kappa shape index (κ1) is 11.6. The van der Waals surface area contributed by atoms with Gasteiger partial charge in [0, 0.05) is 4.88 Å². The fraction of sp³-hybridized carbons (Fsp3) is 0.154. The SMILES string of the molecule is Cc1ccc2c(c1)nc(N)n2Cc1ccc(Cl)s1. The number of anilines is 1. The number of nitrogens with two attached hydrogens (primary N) is 1. The van der Waals surface area contributed by atoms with E-state index in [2.05, 4.69) is 17.1 Å². The Balaban J connectivity index is 2.08. The molecule has 0 saturated carbocycles. The predicted octanol–water partition coefficient (Wildman–Crippen LogP) is 3.69. The molecule has 0 spiro atoms. The van der Waals surface area contributed by atoms with E-state index in [1.807, 2.05) is 29.7 Å². The lowest BCUT2D eigenvalue weighted by molar-refractivity contribution is 0.853. The number of nitrogen functional groups attached to an aromatic ring is 1. The van der Waals surface area contributed by atoms with Gasteiger partial charge in [-0.05, 0) is 36.8 Å². The van der Waals surface area contributed by atoms with E-state index in [0.29, 0.717) is 12.5 Å². The topological polar surface area (TPSA) is 43.8 Å². The first-order valence-electron chi connectivity index (χ1n) is 5.60. The van der Waals surface area contributed by atoms with Crippen LogP contribution in [-0.2, 0) is 6.54 Å². The van der Waals surface area contributed by atoms with Gasteiger partial charge in [0.25, 0.3) is 0 Å². The summed E-state index contributed by atoms with van der Waals surface area (Å²) in [6, 6.07) is 10.1. The normalized spacial score (nSPS) is 11.2. The molecule has 2 heterocycles. The van der Waals surface area contributed by atoms with Crippen LogP contribution in [0.5, 0.6) is 0 Å². The lowest BCUT2D eigenvalue weighted by Gasteiger charge is -2.04. The van der Waals surface area contributed by atoms with Crippen LogP contribution in [0.3, 0.4) is 0 Å². The lowest BCUT2D eigenvalue weighted by Crippen LogP contribution is -2.03. The van der Waals surface area contributed by atoms with E-state index in [4.69, 9.17) is 17.3 Å². The fourth-order valence-corrected chi connectivity index (χ4v) is 3.09. The molecule has 0 bridgehead atoms. The first-order chi connectivity index (χ1) is 8.63. The molecule has 3 nitrogen and oxygen atoms in total. The molecule has 0 unspecified atom stereocenters. The van der Waals surface area contributed by atoms with Crippen LogP contribution in [0.1, 0.15) is 10.4 Å². The smallest absolute Gasteiger partial charge is 0.201 e. The minimum Gasteiger partial charge on any atom is -0.369 e. The second-order valence-corrected chi connectivity index (χ2v) is 6.05. The van der Waals surface area contributed by atoms with Gasteiger partial charge < -0.3 is 10.3 Å². The summed E-state index contributed by atoms with van der Waals surface area (Å²) < 4.78 is 2.81. The molecule has 92 valence electrons. The highest BCUT2D eigenvalue weighted by atomic mass is 35.5. The number of imidazole rings is 1. The van der Waals surface area contributed by atoms with Crippen LogP contribution in [0, 0.1) is 6.92 Å². The molecule has 0 saturated heterocycles. The molecule has 2 N–H and O–H groups in total. The zero-order valence-electron chi connectivity index (χ0n) is 9.85. The van der Waals surface area contributed by atoms with Gasteiger partial charge in [-0.2, -0.15) is 0 Å². The Hall–Kier alpha value is -1.52. The standard InChI is InChI=1S/C13H12ClN3S/c1-8-2-4-11-10(6-8)16-13(15)17(11)7-9-3-5-12(14)18-9/h2-6H,7H2,1H3,(H2,15,16). The Bertz CT molecular complexity index is 714. The number of rotatable bonds is 2. The number of aryl methyl sites for hydroxylation is 1. The quantitative estimate of drug-likeness (QED) is 0.776. The number of halogens is 1. The van der Waals surface area contributed by atoms with Gasteiger partial charge in [0.05, 0.1) is 21.9 Å². The third-order valence-electron chi connectivity index (χ3n) is 2.88. The molecule has 3 aromatic rings. The van der Waals surface area contributed by atoms with Gasteiger partial charge in [0.2, 0.25) is 5.95 Å². The molecule has 2 aromatic heterocycles. The van der Waals surface area contributed by atoms with E-state index < -0.39 is 0 Å². The van der Waals surface area contributed by atoms with Crippen molar-refractivity contribution in [2.24, 2.45) is 0 Å². The van der Waals surface area contributed by atoms with Crippen molar-refractivity contribution >= 4 is 39.9 Å². The van der Waals surface area contributed by atoms with Crippen LogP contribution in [0.15, 0.2) is 30.3 Å². The molecule has 0 atom stereocenters. The number of aromatic nitrogens is 2. The van der Waals surface area contributed by atoms with Crippen molar-refractivity contribution in [2.45, 2.75) is 13.5 Å². The Morgan fingerprint density at radius 2 is 2.17 bits per heavy atom. The highest BCUT2D eigenvalue weighted by Gasteiger charge is 2.09. The number of hydrogen-bond donors (Lipinski definition) is 1. The van der Waals surface area contributed by atoms with Crippen LogP contribution < -0.4 is 5.73 Å². The van der Waals surface area contributed by atoms with Crippen LogP contribution in [-0.4, -0.2) is 9.55 Å². The van der Waals surface area contributed by atoms with E-state index in [1.54, 1.807) is 11.3 Å². The highest BCUT2D eigenvalue weighted by Crippen LogP contribution is 2.25. The molecule has 18 heavy (non-hydrogen) atoms. The molecule has 0 aliphatic rings. The average Bonchev–Trinajstić information content (AvgIpc) is 2.84. The van der Waals surface area contributed by atoms with E-state index in [9.17, 15) is 0 Å². The third-order valence-corrected chi connectivity index (χ3v) is 4.09. The van der Waals surface area contributed by atoms with Gasteiger partial charge in [-0.25, -0.2) is 4.98 Å². The van der Waals surface area contributed by atoms with Crippen molar-refractivity contribution in [1.29, 1.82) is 0 Å². The largest absolute Gasteiger partial charge is 0.369 e. The van der Waals surface area contributed by atoms with E-state index in [1.165, 1.54) is 10.4 Å². The minimum atomic E-state index is 0.542. The molecule has 0 fully saturated rings. The number of thiophene rings is 1. The maximum atomic E-state index is 5.98. The van der Waals surface area contributed by atoms with Gasteiger partial charge in [0.1, 0.15) is 0 Å². The highest BCUT2D eigenvalue weighted by molar-refractivity contribution is 7.16. The van der Waals surface area contributed by atoms with E-state index in [-0.39, 0.29) is 0 Å². The number of nitrogens with zero attached hydrogens (tertiary/aromatic N) is 2. The number of hydrogen-bond acceptors (Lipinski definition) is 3. The zero-order valence-corrected chi connectivity index (χ0v) is 11.4. The Morgan fingerprint density at radius 3 is 2.89 bits per heavy atom. The molecule has 0 amide bonds. The summed E-state index contributed by atoms with van der Waals surface area (Å²) in [7, 11) is 0. The minimum absolute atomic E-state index is 0.542. The average molecular weight is 278 g/mol. The summed E-state index contributed by atoms with van der Waals surface area (Å²) >= 11 is 7.51. The summed E-state index contributed by atoms with van der Waals surface area (Å²) in [5, 5.41) is 0. The van der Waals surface area contributed by atoms with Crippen molar-refractivity contribution < 1.29 is 0 Å². The van der Waals surface area contributed by atoms with Crippen LogP contribution >= 0.6 is 22.9 Å². The van der Waals surface area contributed by atoms with E-state index in [0.717, 1.165) is 15.4 Å². The van der Waals surface area contributed by atoms with Gasteiger partial charge >= 0.3 is 0 Å². The van der Waals surface area contributed by atoms with E-state index >= 15 is 0 Å². The summed E-state index contributed by atoms with van der Waals surface area (Å²) in [4.78, 5) is 5.56.